The lowest BCUT2D eigenvalue weighted by Gasteiger charge is -2.21. The minimum atomic E-state index is -3.56. The van der Waals surface area contributed by atoms with E-state index in [4.69, 9.17) is 11.6 Å². The molecule has 0 unspecified atom stereocenters. The second-order valence-corrected chi connectivity index (χ2v) is 7.55. The highest BCUT2D eigenvalue weighted by Gasteiger charge is 2.38. The van der Waals surface area contributed by atoms with Crippen molar-refractivity contribution in [2.24, 2.45) is 0 Å². The quantitative estimate of drug-likeness (QED) is 0.856. The number of carbonyl (C=O) groups is 1. The standard InChI is InChI=1S/C12H14ClFO3S/c1-12(2,18(3,16)17)11(15)7-8-9(13)5-4-6-10(8)14/h4-6H,7H2,1-3H3. The molecule has 0 bridgehead atoms. The first kappa shape index (κ1) is 15.1. The second kappa shape index (κ2) is 4.97. The van der Waals surface area contributed by atoms with E-state index in [-0.39, 0.29) is 17.0 Å². The number of benzene rings is 1. The molecular weight excluding hydrogens is 279 g/mol. The van der Waals surface area contributed by atoms with Gasteiger partial charge < -0.3 is 0 Å². The first-order valence-electron chi connectivity index (χ1n) is 5.23. The van der Waals surface area contributed by atoms with Crippen LogP contribution in [-0.2, 0) is 21.1 Å². The highest BCUT2D eigenvalue weighted by atomic mass is 35.5. The van der Waals surface area contributed by atoms with E-state index in [0.29, 0.717) is 0 Å². The predicted octanol–water partition coefficient (Wildman–Crippen LogP) is 2.41. The van der Waals surface area contributed by atoms with Gasteiger partial charge in [-0.25, -0.2) is 12.8 Å². The summed E-state index contributed by atoms with van der Waals surface area (Å²) in [4.78, 5) is 12.0. The van der Waals surface area contributed by atoms with Gasteiger partial charge in [-0.3, -0.25) is 4.79 Å². The number of carbonyl (C=O) groups excluding carboxylic acids is 1. The SMILES string of the molecule is CC(C)(C(=O)Cc1c(F)cccc1Cl)S(C)(=O)=O. The maximum Gasteiger partial charge on any atom is 0.159 e. The van der Waals surface area contributed by atoms with Crippen molar-refractivity contribution in [3.63, 3.8) is 0 Å². The number of hydrogen-bond donors (Lipinski definition) is 0. The van der Waals surface area contributed by atoms with Gasteiger partial charge in [-0.15, -0.1) is 0 Å². The van der Waals surface area contributed by atoms with E-state index in [9.17, 15) is 17.6 Å². The van der Waals surface area contributed by atoms with Crippen LogP contribution in [0.15, 0.2) is 18.2 Å². The van der Waals surface area contributed by atoms with Gasteiger partial charge in [0, 0.05) is 23.3 Å². The van der Waals surface area contributed by atoms with Gasteiger partial charge in [0.25, 0.3) is 0 Å². The van der Waals surface area contributed by atoms with E-state index in [0.717, 1.165) is 6.26 Å². The van der Waals surface area contributed by atoms with Crippen LogP contribution in [0.2, 0.25) is 5.02 Å². The van der Waals surface area contributed by atoms with Crippen molar-refractivity contribution in [1.82, 2.24) is 0 Å². The summed E-state index contributed by atoms with van der Waals surface area (Å²) in [5.74, 6) is -1.20. The monoisotopic (exact) mass is 292 g/mol. The van der Waals surface area contributed by atoms with E-state index < -0.39 is 26.2 Å². The largest absolute Gasteiger partial charge is 0.298 e. The number of halogens is 2. The van der Waals surface area contributed by atoms with Gasteiger partial charge in [-0.1, -0.05) is 17.7 Å². The summed E-state index contributed by atoms with van der Waals surface area (Å²) in [5.41, 5.74) is 0.0286. The third kappa shape index (κ3) is 2.90. The zero-order chi connectivity index (χ0) is 14.1. The van der Waals surface area contributed by atoms with Crippen molar-refractivity contribution in [2.45, 2.75) is 25.0 Å². The minimum absolute atomic E-state index is 0.0286. The molecule has 0 N–H and O–H groups in total. The summed E-state index contributed by atoms with van der Waals surface area (Å²) < 4.78 is 35.0. The van der Waals surface area contributed by atoms with E-state index in [2.05, 4.69) is 0 Å². The molecule has 1 aromatic carbocycles. The smallest absolute Gasteiger partial charge is 0.159 e. The molecule has 0 heterocycles. The van der Waals surface area contributed by atoms with Crippen LogP contribution in [0.3, 0.4) is 0 Å². The molecule has 3 nitrogen and oxygen atoms in total. The van der Waals surface area contributed by atoms with Crippen molar-refractivity contribution in [3.8, 4) is 0 Å². The molecule has 0 saturated carbocycles. The fourth-order valence-electron chi connectivity index (χ4n) is 1.28. The second-order valence-electron chi connectivity index (χ2n) is 4.58. The molecule has 0 radical (unpaired) electrons. The summed E-state index contributed by atoms with van der Waals surface area (Å²) in [6.07, 6.45) is 0.638. The molecule has 0 spiro atoms. The maximum atomic E-state index is 13.5. The van der Waals surface area contributed by atoms with Crippen LogP contribution in [0.1, 0.15) is 19.4 Å². The number of rotatable bonds is 4. The van der Waals surface area contributed by atoms with Gasteiger partial charge in [0.2, 0.25) is 0 Å². The predicted molar refractivity (Wildman–Crippen MR) is 69.0 cm³/mol. The minimum Gasteiger partial charge on any atom is -0.298 e. The van der Waals surface area contributed by atoms with E-state index in [1.807, 2.05) is 0 Å². The van der Waals surface area contributed by atoms with Crippen LogP contribution >= 0.6 is 11.6 Å². The molecule has 0 aliphatic rings. The lowest BCUT2D eigenvalue weighted by molar-refractivity contribution is -0.120. The lowest BCUT2D eigenvalue weighted by Crippen LogP contribution is -2.41. The summed E-state index contributed by atoms with van der Waals surface area (Å²) in [5, 5.41) is 0.118. The average molecular weight is 293 g/mol. The molecule has 100 valence electrons. The van der Waals surface area contributed by atoms with E-state index in [1.54, 1.807) is 0 Å². The van der Waals surface area contributed by atoms with E-state index >= 15 is 0 Å². The molecule has 0 fully saturated rings. The molecule has 6 heteroatoms. The van der Waals surface area contributed by atoms with Gasteiger partial charge in [-0.05, 0) is 26.0 Å². The van der Waals surface area contributed by atoms with Crippen LogP contribution in [0, 0.1) is 5.82 Å². The molecule has 18 heavy (non-hydrogen) atoms. The van der Waals surface area contributed by atoms with Gasteiger partial charge >= 0.3 is 0 Å². The summed E-state index contributed by atoms with van der Waals surface area (Å²) >= 11 is 5.80. The van der Waals surface area contributed by atoms with Crippen molar-refractivity contribution >= 4 is 27.2 Å². The molecule has 0 aliphatic carbocycles. The summed E-state index contributed by atoms with van der Waals surface area (Å²) in [6, 6.07) is 4.07. The normalized spacial score (nSPS) is 12.5. The van der Waals surface area contributed by atoms with Gasteiger partial charge in [0.15, 0.2) is 15.6 Å². The van der Waals surface area contributed by atoms with Crippen LogP contribution in [0.25, 0.3) is 0 Å². The molecule has 0 saturated heterocycles. The molecule has 0 aromatic heterocycles. The number of hydrogen-bond acceptors (Lipinski definition) is 3. The third-order valence-corrected chi connectivity index (χ3v) is 5.43. The molecular formula is C12H14ClFO3S. The number of ketones is 1. The Balaban J connectivity index is 3.10. The van der Waals surface area contributed by atoms with Crippen LogP contribution in [0.5, 0.6) is 0 Å². The third-order valence-electron chi connectivity index (χ3n) is 3.00. The lowest BCUT2D eigenvalue weighted by atomic mass is 10.00. The highest BCUT2D eigenvalue weighted by molar-refractivity contribution is 7.92. The van der Waals surface area contributed by atoms with Crippen LogP contribution in [-0.4, -0.2) is 25.2 Å². The van der Waals surface area contributed by atoms with Crippen molar-refractivity contribution in [2.75, 3.05) is 6.26 Å². The van der Waals surface area contributed by atoms with Gasteiger partial charge in [0.1, 0.15) is 10.6 Å². The fraction of sp³-hybridized carbons (Fsp3) is 0.417. The summed E-state index contributed by atoms with van der Waals surface area (Å²) in [7, 11) is -3.56. The van der Waals surface area contributed by atoms with Crippen molar-refractivity contribution < 1.29 is 17.6 Å². The summed E-state index contributed by atoms with van der Waals surface area (Å²) in [6.45, 7) is 2.61. The maximum absolute atomic E-state index is 13.5. The first-order chi connectivity index (χ1) is 8.07. The van der Waals surface area contributed by atoms with Crippen LogP contribution in [0.4, 0.5) is 4.39 Å². The average Bonchev–Trinajstić information content (AvgIpc) is 2.21. The van der Waals surface area contributed by atoms with Gasteiger partial charge in [0.05, 0.1) is 0 Å². The molecule has 0 amide bonds. The van der Waals surface area contributed by atoms with Gasteiger partial charge in [-0.2, -0.15) is 0 Å². The number of Topliss-reactive ketones (excluding diaryl/α,β-unsaturated/α-hetero) is 1. The zero-order valence-corrected chi connectivity index (χ0v) is 11.9. The Kier molecular flexibility index (Phi) is 4.18. The zero-order valence-electron chi connectivity index (χ0n) is 10.3. The highest BCUT2D eigenvalue weighted by Crippen LogP contribution is 2.24. The Morgan fingerprint density at radius 1 is 1.39 bits per heavy atom. The van der Waals surface area contributed by atoms with E-state index in [1.165, 1.54) is 32.0 Å². The van der Waals surface area contributed by atoms with Crippen molar-refractivity contribution in [3.05, 3.63) is 34.6 Å². The first-order valence-corrected chi connectivity index (χ1v) is 7.50. The fourth-order valence-corrected chi connectivity index (χ4v) is 2.00. The Morgan fingerprint density at radius 2 is 1.94 bits per heavy atom. The van der Waals surface area contributed by atoms with Crippen molar-refractivity contribution in [1.29, 1.82) is 0 Å². The molecule has 1 aromatic rings. The number of sulfone groups is 1. The topological polar surface area (TPSA) is 51.2 Å². The Morgan fingerprint density at radius 3 is 2.39 bits per heavy atom. The Hall–Kier alpha value is -0.940. The molecule has 1 rings (SSSR count). The van der Waals surface area contributed by atoms with Crippen LogP contribution < -0.4 is 0 Å². The Bertz CT molecular complexity index is 559. The molecule has 0 atom stereocenters. The molecule has 0 aliphatic heterocycles. The Labute approximate surface area is 111 Å².